The molecule has 0 saturated carbocycles. The second-order valence-corrected chi connectivity index (χ2v) is 13.4. The lowest BCUT2D eigenvalue weighted by Crippen LogP contribution is -2.41. The Bertz CT molecular complexity index is 1280. The minimum Gasteiger partial charge on any atom is -0.508 e. The fourth-order valence-corrected chi connectivity index (χ4v) is 4.94. The molecule has 0 atom stereocenters. The minimum absolute atomic E-state index is 0.0968. The Morgan fingerprint density at radius 2 is 0.868 bits per heavy atom. The molecule has 3 aromatic rings. The van der Waals surface area contributed by atoms with Crippen molar-refractivity contribution in [1.29, 1.82) is 0 Å². The van der Waals surface area contributed by atoms with Crippen LogP contribution in [0.3, 0.4) is 0 Å². The molecule has 0 spiro atoms. The Morgan fingerprint density at radius 3 is 1.24 bits per heavy atom. The topological polar surface area (TPSA) is 87.0 Å². The zero-order valence-electron chi connectivity index (χ0n) is 24.4. The van der Waals surface area contributed by atoms with Gasteiger partial charge < -0.3 is 20.1 Å². The summed E-state index contributed by atoms with van der Waals surface area (Å²) in [5.74, 6) is 0.203. The van der Waals surface area contributed by atoms with Gasteiger partial charge in [-0.1, -0.05) is 74.4 Å². The van der Waals surface area contributed by atoms with Crippen molar-refractivity contribution in [1.82, 2.24) is 0 Å². The summed E-state index contributed by atoms with van der Waals surface area (Å²) in [7, 11) is 0. The summed E-state index contributed by atoms with van der Waals surface area (Å²) in [5.41, 5.74) is 1.25. The van der Waals surface area contributed by atoms with E-state index in [9.17, 15) is 20.1 Å². The third kappa shape index (κ3) is 5.67. The molecule has 38 heavy (non-hydrogen) atoms. The first-order chi connectivity index (χ1) is 17.3. The number of phenolic OH excluding ortho intramolecular Hbond substituents is 3. The van der Waals surface area contributed by atoms with Crippen molar-refractivity contribution in [3.05, 3.63) is 82.4 Å². The van der Waals surface area contributed by atoms with Crippen LogP contribution in [-0.4, -0.2) is 21.3 Å². The average molecular weight is 519 g/mol. The molecule has 0 radical (unpaired) electrons. The molecule has 0 amide bonds. The van der Waals surface area contributed by atoms with Crippen LogP contribution in [-0.2, 0) is 26.5 Å². The van der Waals surface area contributed by atoms with Gasteiger partial charge in [-0.2, -0.15) is 0 Å². The highest BCUT2D eigenvalue weighted by atomic mass is 16.5. The van der Waals surface area contributed by atoms with Gasteiger partial charge >= 0.3 is 5.97 Å². The van der Waals surface area contributed by atoms with E-state index in [0.717, 1.165) is 11.1 Å². The third-order valence-electron chi connectivity index (χ3n) is 7.08. The lowest BCUT2D eigenvalue weighted by molar-refractivity contribution is -0.138. The molecule has 0 aliphatic heterocycles. The molecule has 0 fully saturated rings. The quantitative estimate of drug-likeness (QED) is 0.244. The molecule has 5 heteroatoms. The number of aromatic hydroxyl groups is 3. The number of phenols is 3. The van der Waals surface area contributed by atoms with Gasteiger partial charge in [-0.15, -0.1) is 0 Å². The molecule has 5 nitrogen and oxygen atoms in total. The molecule has 204 valence electrons. The molecule has 0 bridgehead atoms. The lowest BCUT2D eigenvalue weighted by Gasteiger charge is -2.37. The van der Waals surface area contributed by atoms with Gasteiger partial charge in [-0.05, 0) is 87.9 Å². The Morgan fingerprint density at radius 1 is 0.526 bits per heavy atom. The van der Waals surface area contributed by atoms with Gasteiger partial charge in [-0.3, -0.25) is 4.79 Å². The summed E-state index contributed by atoms with van der Waals surface area (Å²) in [6.07, 6.45) is 0. The van der Waals surface area contributed by atoms with Gasteiger partial charge in [0.15, 0.2) is 0 Å². The molecular weight excluding hydrogens is 476 g/mol. The summed E-state index contributed by atoms with van der Waals surface area (Å²) in [6, 6.07) is 14.9. The Labute approximate surface area is 227 Å². The summed E-state index contributed by atoms with van der Waals surface area (Å²) in [6.45, 7) is 20.1. The molecular formula is C33H42O5. The fraction of sp³-hybridized carbons (Fsp3) is 0.424. The molecule has 3 aromatic carbocycles. The Kier molecular flexibility index (Phi) is 7.41. The highest BCUT2D eigenvalue weighted by molar-refractivity contribution is 5.90. The molecule has 0 heterocycles. The largest absolute Gasteiger partial charge is 0.508 e. The van der Waals surface area contributed by atoms with E-state index in [1.54, 1.807) is 48.5 Å². The number of esters is 1. The van der Waals surface area contributed by atoms with Crippen LogP contribution < -0.4 is 4.74 Å². The number of carbonyl (C=O) groups excluding carboxylic acids is 1. The van der Waals surface area contributed by atoms with Crippen LogP contribution in [0.4, 0.5) is 0 Å². The van der Waals surface area contributed by atoms with Crippen LogP contribution in [0.15, 0.2) is 54.6 Å². The standard InChI is InChI=1S/C33H42O5/c1-30(2,3)25-17-20(34)11-14-23(25)33(10,24-15-12-21(35)18-26(24)31(4,5)6)29(37)38-28-16-13-22(36)19-27(28)32(7,8)9/h11-19,34-36H,1-10H3. The van der Waals surface area contributed by atoms with Crippen molar-refractivity contribution in [2.45, 2.75) is 90.9 Å². The maximum atomic E-state index is 14.5. The Hall–Kier alpha value is -3.47. The average Bonchev–Trinajstić information content (AvgIpc) is 2.77. The maximum absolute atomic E-state index is 14.5. The van der Waals surface area contributed by atoms with Crippen LogP contribution in [0.1, 0.15) is 97.1 Å². The highest BCUT2D eigenvalue weighted by Crippen LogP contribution is 2.46. The van der Waals surface area contributed by atoms with Crippen LogP contribution in [0.5, 0.6) is 23.0 Å². The van der Waals surface area contributed by atoms with Crippen LogP contribution in [0.25, 0.3) is 0 Å². The molecule has 0 unspecified atom stereocenters. The number of hydrogen-bond acceptors (Lipinski definition) is 5. The zero-order chi connectivity index (χ0) is 28.8. The van der Waals surface area contributed by atoms with Crippen LogP contribution in [0, 0.1) is 0 Å². The first-order valence-corrected chi connectivity index (χ1v) is 13.0. The molecule has 3 N–H and O–H groups in total. The van der Waals surface area contributed by atoms with E-state index < -0.39 is 27.6 Å². The normalized spacial score (nSPS) is 12.9. The fourth-order valence-electron chi connectivity index (χ4n) is 4.94. The molecule has 0 aliphatic rings. The van der Waals surface area contributed by atoms with E-state index in [2.05, 4.69) is 0 Å². The Balaban J connectivity index is 2.39. The van der Waals surface area contributed by atoms with Crippen LogP contribution >= 0.6 is 0 Å². The summed E-state index contributed by atoms with van der Waals surface area (Å²) < 4.78 is 6.22. The van der Waals surface area contributed by atoms with Gasteiger partial charge in [0.05, 0.1) is 0 Å². The first kappa shape index (κ1) is 29.1. The van der Waals surface area contributed by atoms with E-state index in [1.165, 1.54) is 6.07 Å². The second-order valence-electron chi connectivity index (χ2n) is 13.4. The van der Waals surface area contributed by atoms with Gasteiger partial charge in [0.1, 0.15) is 28.4 Å². The third-order valence-corrected chi connectivity index (χ3v) is 7.08. The SMILES string of the molecule is CC(C)(C)c1cc(O)ccc1OC(=O)C(C)(c1ccc(O)cc1C(C)(C)C)c1ccc(O)cc1C(C)(C)C. The highest BCUT2D eigenvalue weighted by Gasteiger charge is 2.45. The number of hydrogen-bond donors (Lipinski definition) is 3. The van der Waals surface area contributed by atoms with Crippen molar-refractivity contribution in [3.63, 3.8) is 0 Å². The smallest absolute Gasteiger partial charge is 0.326 e. The van der Waals surface area contributed by atoms with E-state index in [0.29, 0.717) is 22.4 Å². The first-order valence-electron chi connectivity index (χ1n) is 13.0. The van der Waals surface area contributed by atoms with Crippen molar-refractivity contribution in [3.8, 4) is 23.0 Å². The molecule has 0 aliphatic carbocycles. The summed E-state index contributed by atoms with van der Waals surface area (Å²) in [4.78, 5) is 14.5. The van der Waals surface area contributed by atoms with Crippen molar-refractivity contribution in [2.75, 3.05) is 0 Å². The minimum atomic E-state index is -1.31. The van der Waals surface area contributed by atoms with E-state index in [1.807, 2.05) is 69.2 Å². The number of rotatable bonds is 4. The number of benzene rings is 3. The summed E-state index contributed by atoms with van der Waals surface area (Å²) in [5, 5.41) is 31.0. The van der Waals surface area contributed by atoms with Crippen molar-refractivity contribution in [2.24, 2.45) is 0 Å². The summed E-state index contributed by atoms with van der Waals surface area (Å²) >= 11 is 0. The van der Waals surface area contributed by atoms with E-state index in [-0.39, 0.29) is 17.2 Å². The predicted octanol–water partition coefficient (Wildman–Crippen LogP) is 7.61. The van der Waals surface area contributed by atoms with E-state index in [4.69, 9.17) is 4.74 Å². The monoisotopic (exact) mass is 518 g/mol. The van der Waals surface area contributed by atoms with Crippen molar-refractivity contribution >= 4 is 5.97 Å². The van der Waals surface area contributed by atoms with Gasteiger partial charge in [-0.25, -0.2) is 0 Å². The number of ether oxygens (including phenoxy) is 1. The number of carbonyl (C=O) groups is 1. The molecule has 0 saturated heterocycles. The van der Waals surface area contributed by atoms with Gasteiger partial charge in [0, 0.05) is 5.56 Å². The van der Waals surface area contributed by atoms with Gasteiger partial charge in [0.25, 0.3) is 0 Å². The zero-order valence-corrected chi connectivity index (χ0v) is 24.4. The lowest BCUT2D eigenvalue weighted by atomic mass is 9.66. The predicted molar refractivity (Wildman–Crippen MR) is 153 cm³/mol. The molecule has 3 rings (SSSR count). The van der Waals surface area contributed by atoms with E-state index >= 15 is 0 Å². The maximum Gasteiger partial charge on any atom is 0.326 e. The second kappa shape index (κ2) is 9.68. The van der Waals surface area contributed by atoms with Crippen molar-refractivity contribution < 1.29 is 24.9 Å². The van der Waals surface area contributed by atoms with Crippen LogP contribution in [0.2, 0.25) is 0 Å². The molecule has 0 aromatic heterocycles. The van der Waals surface area contributed by atoms with Gasteiger partial charge in [0.2, 0.25) is 0 Å².